The van der Waals surface area contributed by atoms with E-state index in [0.29, 0.717) is 6.42 Å². The minimum atomic E-state index is 0.127. The Bertz CT molecular complexity index is 647. The monoisotopic (exact) mass is 327 g/mol. The number of aryl methyl sites for hydroxylation is 1. The van der Waals surface area contributed by atoms with Crippen LogP contribution in [-0.4, -0.2) is 12.5 Å². The maximum atomic E-state index is 12.2. The number of halogens is 1. The Balaban J connectivity index is 1.51. The Morgan fingerprint density at radius 1 is 1.04 bits per heavy atom. The number of carbonyl (C=O) groups is 1. The zero-order valence-corrected chi connectivity index (χ0v) is 14.0. The summed E-state index contributed by atoms with van der Waals surface area (Å²) in [5, 5.41) is 3.87. The number of amides is 1. The van der Waals surface area contributed by atoms with Gasteiger partial charge in [-0.2, -0.15) is 0 Å². The molecule has 2 aromatic carbocycles. The van der Waals surface area contributed by atoms with Crippen molar-refractivity contribution in [1.29, 1.82) is 0 Å². The van der Waals surface area contributed by atoms with Crippen molar-refractivity contribution in [3.63, 3.8) is 0 Å². The summed E-state index contributed by atoms with van der Waals surface area (Å²) in [6.45, 7) is 0.746. The zero-order chi connectivity index (χ0) is 16.1. The first kappa shape index (κ1) is 16.1. The van der Waals surface area contributed by atoms with Crippen LogP contribution in [0.4, 0.5) is 0 Å². The predicted molar refractivity (Wildman–Crippen MR) is 94.8 cm³/mol. The van der Waals surface area contributed by atoms with Crippen LogP contribution in [0.1, 0.15) is 36.8 Å². The highest BCUT2D eigenvalue weighted by Gasteiger charge is 2.38. The van der Waals surface area contributed by atoms with Gasteiger partial charge >= 0.3 is 0 Å². The summed E-state index contributed by atoms with van der Waals surface area (Å²) in [5.41, 5.74) is 2.65. The van der Waals surface area contributed by atoms with Gasteiger partial charge in [0.2, 0.25) is 5.91 Å². The molecule has 1 N–H and O–H groups in total. The van der Waals surface area contributed by atoms with E-state index in [1.165, 1.54) is 12.0 Å². The van der Waals surface area contributed by atoms with Gasteiger partial charge in [0.25, 0.3) is 0 Å². The van der Waals surface area contributed by atoms with Gasteiger partial charge in [0.15, 0.2) is 0 Å². The quantitative estimate of drug-likeness (QED) is 0.831. The van der Waals surface area contributed by atoms with Gasteiger partial charge < -0.3 is 5.32 Å². The number of carbonyl (C=O) groups excluding carboxylic acids is 1. The molecule has 23 heavy (non-hydrogen) atoms. The van der Waals surface area contributed by atoms with Crippen LogP contribution in [-0.2, 0) is 16.6 Å². The van der Waals surface area contributed by atoms with E-state index >= 15 is 0 Å². The standard InChI is InChI=1S/C20H22ClNO/c21-18-10-7-16(8-11-18)9-12-19(23)22-15-20(13-4-14-20)17-5-2-1-3-6-17/h1-3,5-8,10-11H,4,9,12-15H2,(H,22,23). The second kappa shape index (κ2) is 7.18. The van der Waals surface area contributed by atoms with E-state index < -0.39 is 0 Å². The van der Waals surface area contributed by atoms with Gasteiger partial charge in [-0.3, -0.25) is 4.79 Å². The Hall–Kier alpha value is -1.80. The predicted octanol–water partition coefficient (Wildman–Crippen LogP) is 4.51. The van der Waals surface area contributed by atoms with Gasteiger partial charge in [-0.05, 0) is 42.5 Å². The van der Waals surface area contributed by atoms with Crippen LogP contribution in [0.25, 0.3) is 0 Å². The minimum Gasteiger partial charge on any atom is -0.355 e. The second-order valence-corrected chi connectivity index (χ2v) is 6.84. The Labute approximate surface area is 142 Å². The molecule has 0 bridgehead atoms. The van der Waals surface area contributed by atoms with E-state index in [4.69, 9.17) is 11.6 Å². The molecule has 3 rings (SSSR count). The van der Waals surface area contributed by atoms with E-state index in [9.17, 15) is 4.79 Å². The van der Waals surface area contributed by atoms with Crippen LogP contribution in [0.3, 0.4) is 0 Å². The molecule has 0 unspecified atom stereocenters. The van der Waals surface area contributed by atoms with Crippen molar-refractivity contribution in [2.75, 3.05) is 6.54 Å². The van der Waals surface area contributed by atoms with Crippen LogP contribution in [0, 0.1) is 0 Å². The number of hydrogen-bond donors (Lipinski definition) is 1. The number of benzene rings is 2. The fourth-order valence-corrected chi connectivity index (χ4v) is 3.35. The SMILES string of the molecule is O=C(CCc1ccc(Cl)cc1)NCC1(c2ccccc2)CCC1. The first-order valence-electron chi connectivity index (χ1n) is 8.25. The molecule has 1 amide bonds. The molecule has 0 aromatic heterocycles. The van der Waals surface area contributed by atoms with E-state index in [1.807, 2.05) is 30.3 Å². The van der Waals surface area contributed by atoms with E-state index in [-0.39, 0.29) is 11.3 Å². The van der Waals surface area contributed by atoms with Crippen LogP contribution in [0.15, 0.2) is 54.6 Å². The fraction of sp³-hybridized carbons (Fsp3) is 0.350. The third-order valence-corrected chi connectivity index (χ3v) is 5.13. The number of rotatable bonds is 6. The first-order chi connectivity index (χ1) is 11.2. The van der Waals surface area contributed by atoms with E-state index in [1.54, 1.807) is 0 Å². The van der Waals surface area contributed by atoms with Gasteiger partial charge in [0.1, 0.15) is 0 Å². The van der Waals surface area contributed by atoms with Crippen molar-refractivity contribution in [3.05, 3.63) is 70.7 Å². The maximum absolute atomic E-state index is 12.2. The Morgan fingerprint density at radius 3 is 2.35 bits per heavy atom. The van der Waals surface area contributed by atoms with Crippen molar-refractivity contribution < 1.29 is 4.79 Å². The summed E-state index contributed by atoms with van der Waals surface area (Å²) in [5.74, 6) is 0.127. The fourth-order valence-electron chi connectivity index (χ4n) is 3.23. The van der Waals surface area contributed by atoms with Crippen molar-refractivity contribution in [2.45, 2.75) is 37.5 Å². The van der Waals surface area contributed by atoms with Crippen molar-refractivity contribution in [3.8, 4) is 0 Å². The summed E-state index contributed by atoms with van der Waals surface area (Å²) in [7, 11) is 0. The highest BCUT2D eigenvalue weighted by Crippen LogP contribution is 2.43. The molecule has 1 saturated carbocycles. The molecule has 1 aliphatic carbocycles. The number of hydrogen-bond acceptors (Lipinski definition) is 1. The van der Waals surface area contributed by atoms with Crippen molar-refractivity contribution in [2.24, 2.45) is 0 Å². The van der Waals surface area contributed by atoms with Gasteiger partial charge in [-0.25, -0.2) is 0 Å². The molecule has 0 saturated heterocycles. The second-order valence-electron chi connectivity index (χ2n) is 6.40. The molecular formula is C20H22ClNO. The van der Waals surface area contributed by atoms with Gasteiger partial charge in [0.05, 0.1) is 0 Å². The average molecular weight is 328 g/mol. The molecule has 1 aliphatic rings. The highest BCUT2D eigenvalue weighted by molar-refractivity contribution is 6.30. The molecule has 0 heterocycles. The lowest BCUT2D eigenvalue weighted by atomic mass is 9.64. The Kier molecular flexibility index (Phi) is 5.02. The third-order valence-electron chi connectivity index (χ3n) is 4.87. The molecule has 0 spiro atoms. The van der Waals surface area contributed by atoms with Crippen LogP contribution in [0.2, 0.25) is 5.02 Å². The maximum Gasteiger partial charge on any atom is 0.220 e. The molecular weight excluding hydrogens is 306 g/mol. The lowest BCUT2D eigenvalue weighted by Gasteiger charge is -2.42. The molecule has 120 valence electrons. The average Bonchev–Trinajstić information content (AvgIpc) is 2.54. The lowest BCUT2D eigenvalue weighted by Crippen LogP contribution is -2.45. The summed E-state index contributed by atoms with van der Waals surface area (Å²) >= 11 is 5.88. The van der Waals surface area contributed by atoms with Gasteiger partial charge in [-0.15, -0.1) is 0 Å². The summed E-state index contributed by atoms with van der Waals surface area (Å²) in [6, 6.07) is 18.3. The number of nitrogens with one attached hydrogen (secondary N) is 1. The molecule has 0 radical (unpaired) electrons. The molecule has 0 aliphatic heterocycles. The smallest absolute Gasteiger partial charge is 0.220 e. The first-order valence-corrected chi connectivity index (χ1v) is 8.62. The minimum absolute atomic E-state index is 0.127. The van der Waals surface area contributed by atoms with Crippen molar-refractivity contribution in [1.82, 2.24) is 5.32 Å². The summed E-state index contributed by atoms with van der Waals surface area (Å²) < 4.78 is 0. The molecule has 1 fully saturated rings. The summed E-state index contributed by atoms with van der Waals surface area (Å²) in [6.07, 6.45) is 4.84. The molecule has 2 nitrogen and oxygen atoms in total. The molecule has 3 heteroatoms. The van der Waals surface area contributed by atoms with Crippen molar-refractivity contribution >= 4 is 17.5 Å². The lowest BCUT2D eigenvalue weighted by molar-refractivity contribution is -0.121. The molecule has 2 aromatic rings. The van der Waals surface area contributed by atoms with Crippen LogP contribution in [0.5, 0.6) is 0 Å². The summed E-state index contributed by atoms with van der Waals surface area (Å²) in [4.78, 5) is 12.2. The van der Waals surface area contributed by atoms with Gasteiger partial charge in [0, 0.05) is 23.4 Å². The normalized spacial score (nSPS) is 15.7. The van der Waals surface area contributed by atoms with Gasteiger partial charge in [-0.1, -0.05) is 60.5 Å². The topological polar surface area (TPSA) is 29.1 Å². The zero-order valence-electron chi connectivity index (χ0n) is 13.2. The largest absolute Gasteiger partial charge is 0.355 e. The Morgan fingerprint density at radius 2 is 1.74 bits per heavy atom. The third kappa shape index (κ3) is 3.94. The van der Waals surface area contributed by atoms with Crippen LogP contribution < -0.4 is 5.32 Å². The highest BCUT2D eigenvalue weighted by atomic mass is 35.5. The van der Waals surface area contributed by atoms with Crippen LogP contribution >= 0.6 is 11.6 Å². The molecule has 0 atom stereocenters. The van der Waals surface area contributed by atoms with E-state index in [2.05, 4.69) is 29.6 Å². The van der Waals surface area contributed by atoms with E-state index in [0.717, 1.165) is 36.4 Å².